The molecule has 1 aromatic carbocycles. The van der Waals surface area contributed by atoms with Crippen molar-refractivity contribution in [1.82, 2.24) is 0 Å². The first-order valence-electron chi connectivity index (χ1n) is 4.94. The molecule has 0 aliphatic rings. The van der Waals surface area contributed by atoms with Crippen molar-refractivity contribution in [2.24, 2.45) is 0 Å². The van der Waals surface area contributed by atoms with Gasteiger partial charge < -0.3 is 0 Å². The summed E-state index contributed by atoms with van der Waals surface area (Å²) < 4.78 is 13.0. The van der Waals surface area contributed by atoms with Crippen molar-refractivity contribution in [2.45, 2.75) is 26.9 Å². The lowest BCUT2D eigenvalue weighted by atomic mass is 9.98. The quantitative estimate of drug-likeness (QED) is 0.634. The van der Waals surface area contributed by atoms with Crippen molar-refractivity contribution in [3.63, 3.8) is 0 Å². The Bertz CT molecular complexity index is 419. The second kappa shape index (κ2) is 4.79. The summed E-state index contributed by atoms with van der Waals surface area (Å²) in [5, 5.41) is 0. The van der Waals surface area contributed by atoms with Crippen LogP contribution in [0.1, 0.15) is 36.7 Å². The van der Waals surface area contributed by atoms with Gasteiger partial charge in [0.05, 0.1) is 0 Å². The molecule has 1 aromatic rings. The molecular weight excluding hydrogens is 187 g/mol. The topological polar surface area (TPSA) is 0 Å². The van der Waals surface area contributed by atoms with Crippen LogP contribution in [0.5, 0.6) is 0 Å². The van der Waals surface area contributed by atoms with E-state index in [2.05, 4.69) is 5.92 Å². The monoisotopic (exact) mass is 202 g/mol. The molecular formula is C14H15F. The molecule has 1 unspecified atom stereocenters. The number of allylic oxidation sites excluding steroid dienone is 2. The number of aryl methyl sites for hydroxylation is 1. The van der Waals surface area contributed by atoms with Crippen LogP contribution in [0.2, 0.25) is 0 Å². The Balaban J connectivity index is 3.15. The van der Waals surface area contributed by atoms with E-state index in [1.165, 1.54) is 0 Å². The van der Waals surface area contributed by atoms with E-state index in [4.69, 9.17) is 6.42 Å². The van der Waals surface area contributed by atoms with Crippen LogP contribution in [0.25, 0.3) is 5.57 Å². The Hall–Kier alpha value is -1.55. The highest BCUT2D eigenvalue weighted by atomic mass is 19.1. The van der Waals surface area contributed by atoms with Gasteiger partial charge in [-0.3, -0.25) is 0 Å². The maximum atomic E-state index is 13.0. The van der Waals surface area contributed by atoms with Crippen molar-refractivity contribution in [3.8, 4) is 12.3 Å². The third-order valence-electron chi connectivity index (χ3n) is 2.43. The van der Waals surface area contributed by atoms with E-state index in [-0.39, 0.29) is 0 Å². The molecule has 0 nitrogen and oxygen atoms in total. The van der Waals surface area contributed by atoms with E-state index >= 15 is 0 Å². The van der Waals surface area contributed by atoms with Gasteiger partial charge in [-0.1, -0.05) is 24.1 Å². The minimum absolute atomic E-state index is 0.713. The van der Waals surface area contributed by atoms with Crippen LogP contribution in [-0.2, 0) is 0 Å². The Kier molecular flexibility index (Phi) is 3.68. The number of hydrogen-bond acceptors (Lipinski definition) is 0. The van der Waals surface area contributed by atoms with Gasteiger partial charge in [0.25, 0.3) is 0 Å². The molecule has 1 rings (SSSR count). The van der Waals surface area contributed by atoms with E-state index < -0.39 is 6.17 Å². The SMILES string of the molecule is C#C/C=C(/C)c1ccc(C(C)F)cc1C. The van der Waals surface area contributed by atoms with Gasteiger partial charge in [-0.05, 0) is 49.1 Å². The molecule has 0 bridgehead atoms. The number of rotatable bonds is 2. The molecule has 0 spiro atoms. The lowest BCUT2D eigenvalue weighted by Gasteiger charge is -2.09. The lowest BCUT2D eigenvalue weighted by Crippen LogP contribution is -1.91. The fourth-order valence-corrected chi connectivity index (χ4v) is 1.58. The van der Waals surface area contributed by atoms with Crippen LogP contribution in [0.15, 0.2) is 24.3 Å². The zero-order chi connectivity index (χ0) is 11.4. The normalized spacial score (nSPS) is 13.4. The van der Waals surface area contributed by atoms with Crippen molar-refractivity contribution in [2.75, 3.05) is 0 Å². The number of halogens is 1. The highest BCUT2D eigenvalue weighted by Crippen LogP contribution is 2.23. The van der Waals surface area contributed by atoms with Crippen molar-refractivity contribution >= 4 is 5.57 Å². The molecule has 1 heteroatoms. The van der Waals surface area contributed by atoms with E-state index in [1.807, 2.05) is 26.0 Å². The van der Waals surface area contributed by atoms with Crippen molar-refractivity contribution in [3.05, 3.63) is 41.0 Å². The first-order valence-corrected chi connectivity index (χ1v) is 4.94. The van der Waals surface area contributed by atoms with Gasteiger partial charge >= 0.3 is 0 Å². The molecule has 0 saturated carbocycles. The predicted octanol–water partition coefficient (Wildman–Crippen LogP) is 4.06. The Morgan fingerprint density at radius 1 is 1.53 bits per heavy atom. The van der Waals surface area contributed by atoms with Gasteiger partial charge in [0.15, 0.2) is 0 Å². The smallest absolute Gasteiger partial charge is 0.122 e. The molecule has 0 aliphatic carbocycles. The molecule has 0 N–H and O–H groups in total. The number of terminal acetylenes is 1. The van der Waals surface area contributed by atoms with Crippen molar-refractivity contribution in [1.29, 1.82) is 0 Å². The molecule has 0 radical (unpaired) electrons. The summed E-state index contributed by atoms with van der Waals surface area (Å²) in [6.07, 6.45) is 6.01. The lowest BCUT2D eigenvalue weighted by molar-refractivity contribution is 0.374. The summed E-state index contributed by atoms with van der Waals surface area (Å²) in [5.41, 5.74) is 3.89. The van der Waals surface area contributed by atoms with Crippen LogP contribution < -0.4 is 0 Å². The average molecular weight is 202 g/mol. The highest BCUT2D eigenvalue weighted by molar-refractivity contribution is 5.68. The first-order chi connectivity index (χ1) is 7.06. The molecule has 1 atom stereocenters. The summed E-state index contributed by atoms with van der Waals surface area (Å²) in [6.45, 7) is 5.47. The van der Waals surface area contributed by atoms with Crippen LogP contribution in [0, 0.1) is 19.3 Å². The predicted molar refractivity (Wildman–Crippen MR) is 63.2 cm³/mol. The Morgan fingerprint density at radius 3 is 2.67 bits per heavy atom. The zero-order valence-electron chi connectivity index (χ0n) is 9.34. The Labute approximate surface area is 90.8 Å². The average Bonchev–Trinajstić information content (AvgIpc) is 2.17. The third-order valence-corrected chi connectivity index (χ3v) is 2.43. The van der Waals surface area contributed by atoms with Gasteiger partial charge in [0, 0.05) is 0 Å². The maximum absolute atomic E-state index is 13.0. The van der Waals surface area contributed by atoms with Crippen LogP contribution in [0.3, 0.4) is 0 Å². The molecule has 78 valence electrons. The molecule has 0 saturated heterocycles. The van der Waals surface area contributed by atoms with Gasteiger partial charge in [0.2, 0.25) is 0 Å². The molecule has 15 heavy (non-hydrogen) atoms. The van der Waals surface area contributed by atoms with Crippen LogP contribution >= 0.6 is 0 Å². The summed E-state index contributed by atoms with van der Waals surface area (Å²) >= 11 is 0. The maximum Gasteiger partial charge on any atom is 0.122 e. The molecule has 0 amide bonds. The molecule has 0 aliphatic heterocycles. The highest BCUT2D eigenvalue weighted by Gasteiger charge is 2.06. The third kappa shape index (κ3) is 2.70. The van der Waals surface area contributed by atoms with E-state index in [1.54, 1.807) is 19.1 Å². The summed E-state index contributed by atoms with van der Waals surface area (Å²) in [4.78, 5) is 0. The fourth-order valence-electron chi connectivity index (χ4n) is 1.58. The van der Waals surface area contributed by atoms with E-state index in [0.29, 0.717) is 5.56 Å². The Morgan fingerprint density at radius 2 is 2.20 bits per heavy atom. The van der Waals surface area contributed by atoms with Crippen molar-refractivity contribution < 1.29 is 4.39 Å². The largest absolute Gasteiger partial charge is 0.243 e. The first kappa shape index (κ1) is 11.5. The van der Waals surface area contributed by atoms with E-state index in [0.717, 1.165) is 16.7 Å². The van der Waals surface area contributed by atoms with Gasteiger partial charge in [0.1, 0.15) is 6.17 Å². The number of hydrogen-bond donors (Lipinski definition) is 0. The van der Waals surface area contributed by atoms with E-state index in [9.17, 15) is 4.39 Å². The van der Waals surface area contributed by atoms with Gasteiger partial charge in [-0.25, -0.2) is 4.39 Å². The van der Waals surface area contributed by atoms with Crippen LogP contribution in [0.4, 0.5) is 4.39 Å². The zero-order valence-corrected chi connectivity index (χ0v) is 9.34. The number of benzene rings is 1. The summed E-state index contributed by atoms with van der Waals surface area (Å²) in [7, 11) is 0. The fraction of sp³-hybridized carbons (Fsp3) is 0.286. The second-order valence-electron chi connectivity index (χ2n) is 3.68. The molecule has 0 aromatic heterocycles. The molecule has 0 heterocycles. The standard InChI is InChI=1S/C14H15F/c1-5-6-10(2)14-8-7-13(12(4)15)9-11(14)3/h1,6-9,12H,2-4H3/b10-6-. The number of alkyl halides is 1. The minimum Gasteiger partial charge on any atom is -0.243 e. The molecule has 0 fully saturated rings. The van der Waals surface area contributed by atoms with Crippen LogP contribution in [-0.4, -0.2) is 0 Å². The second-order valence-corrected chi connectivity index (χ2v) is 3.68. The minimum atomic E-state index is -0.922. The van der Waals surface area contributed by atoms with Gasteiger partial charge in [-0.2, -0.15) is 0 Å². The van der Waals surface area contributed by atoms with Gasteiger partial charge in [-0.15, -0.1) is 6.42 Å². The summed E-state index contributed by atoms with van der Waals surface area (Å²) in [6, 6.07) is 5.60. The summed E-state index contributed by atoms with van der Waals surface area (Å²) in [5.74, 6) is 2.49.